The van der Waals surface area contributed by atoms with Gasteiger partial charge in [0, 0.05) is 5.56 Å². The van der Waals surface area contributed by atoms with Gasteiger partial charge in [-0.05, 0) is 60.6 Å². The molecule has 1 aliphatic rings. The van der Waals surface area contributed by atoms with Gasteiger partial charge in [-0.1, -0.05) is 60.7 Å². The zero-order chi connectivity index (χ0) is 19.0. The standard InChI is InChI=1S/C26H29NO/c1-3-7-22(8-4-1)19-23-15-17-27(18-16-23)20-24-11-13-26(14-12-24)28-21-25-9-5-2-6-10-25/h1-14,23H,15-21H2/p+1. The minimum Gasteiger partial charge on any atom is -0.489 e. The molecule has 0 spiro atoms. The summed E-state index contributed by atoms with van der Waals surface area (Å²) < 4.78 is 5.90. The summed E-state index contributed by atoms with van der Waals surface area (Å²) in [6.07, 6.45) is 3.91. The fourth-order valence-electron chi connectivity index (χ4n) is 4.15. The lowest BCUT2D eigenvalue weighted by Crippen LogP contribution is -3.11. The van der Waals surface area contributed by atoms with Crippen LogP contribution in [0.2, 0.25) is 0 Å². The lowest BCUT2D eigenvalue weighted by Gasteiger charge is -2.29. The molecular formula is C26H30NO+. The Balaban J connectivity index is 1.22. The van der Waals surface area contributed by atoms with Crippen LogP contribution in [0.1, 0.15) is 29.5 Å². The maximum absolute atomic E-state index is 5.90. The third-order valence-corrected chi connectivity index (χ3v) is 5.81. The smallest absolute Gasteiger partial charge is 0.119 e. The van der Waals surface area contributed by atoms with E-state index in [0.29, 0.717) is 6.61 Å². The topological polar surface area (TPSA) is 13.7 Å². The summed E-state index contributed by atoms with van der Waals surface area (Å²) in [5, 5.41) is 0. The maximum Gasteiger partial charge on any atom is 0.119 e. The molecule has 1 N–H and O–H groups in total. The number of nitrogens with one attached hydrogen (secondary N) is 1. The van der Waals surface area contributed by atoms with Crippen molar-refractivity contribution in [1.82, 2.24) is 0 Å². The minimum atomic E-state index is 0.625. The van der Waals surface area contributed by atoms with Gasteiger partial charge >= 0.3 is 0 Å². The van der Waals surface area contributed by atoms with E-state index in [1.165, 1.54) is 49.0 Å². The van der Waals surface area contributed by atoms with Crippen LogP contribution in [0.25, 0.3) is 0 Å². The summed E-state index contributed by atoms with van der Waals surface area (Å²) in [6, 6.07) is 29.9. The molecule has 144 valence electrons. The third-order valence-electron chi connectivity index (χ3n) is 5.81. The van der Waals surface area contributed by atoms with Crippen molar-refractivity contribution in [3.63, 3.8) is 0 Å². The van der Waals surface area contributed by atoms with Crippen LogP contribution >= 0.6 is 0 Å². The van der Waals surface area contributed by atoms with Crippen LogP contribution in [0.15, 0.2) is 84.9 Å². The molecule has 0 aliphatic carbocycles. The zero-order valence-electron chi connectivity index (χ0n) is 16.5. The summed E-state index contributed by atoms with van der Waals surface area (Å²) in [6.45, 7) is 4.31. The molecule has 2 heteroatoms. The number of piperidine rings is 1. The van der Waals surface area contributed by atoms with Gasteiger partial charge in [0.05, 0.1) is 13.1 Å². The Morgan fingerprint density at radius 1 is 0.679 bits per heavy atom. The monoisotopic (exact) mass is 372 g/mol. The Hall–Kier alpha value is -2.58. The first-order valence-electron chi connectivity index (χ1n) is 10.5. The molecule has 1 aliphatic heterocycles. The molecule has 0 saturated carbocycles. The Labute approximate surface area is 168 Å². The molecule has 0 amide bonds. The molecule has 0 aromatic heterocycles. The average molecular weight is 373 g/mol. The Morgan fingerprint density at radius 2 is 1.29 bits per heavy atom. The molecule has 1 heterocycles. The van der Waals surface area contributed by atoms with E-state index < -0.39 is 0 Å². The van der Waals surface area contributed by atoms with E-state index in [9.17, 15) is 0 Å². The van der Waals surface area contributed by atoms with Gasteiger partial charge in [0.2, 0.25) is 0 Å². The van der Waals surface area contributed by atoms with Gasteiger partial charge in [-0.15, -0.1) is 0 Å². The van der Waals surface area contributed by atoms with Crippen LogP contribution in [-0.2, 0) is 19.6 Å². The number of quaternary nitrogens is 1. The molecule has 0 radical (unpaired) electrons. The molecule has 4 rings (SSSR count). The number of ether oxygens (including phenoxy) is 1. The van der Waals surface area contributed by atoms with Crippen molar-refractivity contribution in [2.75, 3.05) is 13.1 Å². The maximum atomic E-state index is 5.90. The first-order chi connectivity index (χ1) is 13.8. The number of rotatable bonds is 7. The molecule has 3 aromatic carbocycles. The van der Waals surface area contributed by atoms with E-state index in [1.807, 2.05) is 18.2 Å². The van der Waals surface area contributed by atoms with Gasteiger partial charge in [-0.3, -0.25) is 0 Å². The lowest BCUT2D eigenvalue weighted by molar-refractivity contribution is -0.919. The van der Waals surface area contributed by atoms with Gasteiger partial charge in [-0.25, -0.2) is 0 Å². The van der Waals surface area contributed by atoms with Gasteiger partial charge in [0.15, 0.2) is 0 Å². The number of hydrogen-bond acceptors (Lipinski definition) is 1. The largest absolute Gasteiger partial charge is 0.489 e. The van der Waals surface area contributed by atoms with E-state index in [4.69, 9.17) is 4.74 Å². The zero-order valence-corrected chi connectivity index (χ0v) is 16.5. The van der Waals surface area contributed by atoms with Crippen molar-refractivity contribution < 1.29 is 9.64 Å². The first-order valence-corrected chi connectivity index (χ1v) is 10.5. The molecule has 0 unspecified atom stereocenters. The van der Waals surface area contributed by atoms with Gasteiger partial charge in [0.25, 0.3) is 0 Å². The quantitative estimate of drug-likeness (QED) is 0.653. The predicted octanol–water partition coefficient (Wildman–Crippen LogP) is 4.30. The highest BCUT2D eigenvalue weighted by Crippen LogP contribution is 2.17. The summed E-state index contributed by atoms with van der Waals surface area (Å²) in [7, 11) is 0. The number of hydrogen-bond donors (Lipinski definition) is 1. The van der Waals surface area contributed by atoms with E-state index >= 15 is 0 Å². The molecule has 0 atom stereocenters. The van der Waals surface area contributed by atoms with E-state index in [0.717, 1.165) is 18.2 Å². The van der Waals surface area contributed by atoms with Crippen LogP contribution in [0.3, 0.4) is 0 Å². The van der Waals surface area contributed by atoms with Crippen molar-refractivity contribution in [3.8, 4) is 5.75 Å². The second-order valence-electron chi connectivity index (χ2n) is 7.98. The van der Waals surface area contributed by atoms with E-state index in [-0.39, 0.29) is 0 Å². The van der Waals surface area contributed by atoms with Crippen molar-refractivity contribution in [3.05, 3.63) is 102 Å². The van der Waals surface area contributed by atoms with E-state index in [2.05, 4.69) is 66.7 Å². The number of likely N-dealkylation sites (tertiary alicyclic amines) is 1. The molecule has 2 nitrogen and oxygen atoms in total. The Kier molecular flexibility index (Phi) is 6.41. The second-order valence-corrected chi connectivity index (χ2v) is 7.98. The molecule has 1 fully saturated rings. The second kappa shape index (κ2) is 9.57. The summed E-state index contributed by atoms with van der Waals surface area (Å²) in [4.78, 5) is 1.71. The van der Waals surface area contributed by atoms with Gasteiger partial charge in [0.1, 0.15) is 18.9 Å². The fourth-order valence-corrected chi connectivity index (χ4v) is 4.15. The van der Waals surface area contributed by atoms with Crippen LogP contribution in [0.4, 0.5) is 0 Å². The predicted molar refractivity (Wildman–Crippen MR) is 114 cm³/mol. The Bertz CT molecular complexity index is 821. The lowest BCUT2D eigenvalue weighted by atomic mass is 9.90. The van der Waals surface area contributed by atoms with Gasteiger partial charge < -0.3 is 9.64 Å². The summed E-state index contributed by atoms with van der Waals surface area (Å²) >= 11 is 0. The molecule has 3 aromatic rings. The molecule has 0 bridgehead atoms. The van der Waals surface area contributed by atoms with Crippen LogP contribution in [0.5, 0.6) is 5.75 Å². The van der Waals surface area contributed by atoms with Crippen molar-refractivity contribution in [2.45, 2.75) is 32.4 Å². The SMILES string of the molecule is c1ccc(COc2ccc(C[NH+]3CCC(Cc4ccccc4)CC3)cc2)cc1. The summed E-state index contributed by atoms with van der Waals surface area (Å²) in [5.41, 5.74) is 4.10. The van der Waals surface area contributed by atoms with Crippen molar-refractivity contribution in [1.29, 1.82) is 0 Å². The fraction of sp³-hybridized carbons (Fsp3) is 0.308. The van der Waals surface area contributed by atoms with Crippen molar-refractivity contribution in [2.24, 2.45) is 5.92 Å². The highest BCUT2D eigenvalue weighted by molar-refractivity contribution is 5.27. The van der Waals surface area contributed by atoms with Crippen LogP contribution < -0.4 is 9.64 Å². The highest BCUT2D eigenvalue weighted by atomic mass is 16.5. The minimum absolute atomic E-state index is 0.625. The van der Waals surface area contributed by atoms with E-state index in [1.54, 1.807) is 4.90 Å². The highest BCUT2D eigenvalue weighted by Gasteiger charge is 2.22. The molecular weight excluding hydrogens is 342 g/mol. The third kappa shape index (κ3) is 5.46. The van der Waals surface area contributed by atoms with Crippen LogP contribution in [-0.4, -0.2) is 13.1 Å². The van der Waals surface area contributed by atoms with Crippen molar-refractivity contribution >= 4 is 0 Å². The van der Waals surface area contributed by atoms with Crippen LogP contribution in [0, 0.1) is 5.92 Å². The molecule has 28 heavy (non-hydrogen) atoms. The number of benzene rings is 3. The first kappa shape index (κ1) is 18.8. The molecule has 1 saturated heterocycles. The normalized spacial score (nSPS) is 19.3. The Morgan fingerprint density at radius 3 is 1.93 bits per heavy atom. The average Bonchev–Trinajstić information content (AvgIpc) is 2.76. The summed E-state index contributed by atoms with van der Waals surface area (Å²) in [5.74, 6) is 1.80. The van der Waals surface area contributed by atoms with Gasteiger partial charge in [-0.2, -0.15) is 0 Å².